The van der Waals surface area contributed by atoms with Crippen molar-refractivity contribution < 1.29 is 14.3 Å². The first-order valence-electron chi connectivity index (χ1n) is 15.7. The lowest BCUT2D eigenvalue weighted by molar-refractivity contribution is -0.148. The molecule has 0 saturated heterocycles. The fourth-order valence-corrected chi connectivity index (χ4v) is 5.13. The predicted octanol–water partition coefficient (Wildman–Crippen LogP) is 11.1. The van der Waals surface area contributed by atoms with Gasteiger partial charge in [0.15, 0.2) is 0 Å². The molecule has 0 fully saturated rings. The van der Waals surface area contributed by atoms with E-state index in [0.29, 0.717) is 6.42 Å². The Balaban J connectivity index is 1.43. The molecule has 0 aliphatic rings. The van der Waals surface area contributed by atoms with E-state index in [1.165, 1.54) is 68.9 Å². The van der Waals surface area contributed by atoms with Crippen LogP contribution in [0.3, 0.4) is 0 Å². The van der Waals surface area contributed by atoms with E-state index in [2.05, 4.69) is 74.5 Å². The molecule has 0 aliphatic carbocycles. The van der Waals surface area contributed by atoms with E-state index in [-0.39, 0.29) is 12.1 Å². The molecule has 0 amide bonds. The molecule has 3 aromatic rings. The highest BCUT2D eigenvalue weighted by Crippen LogP contribution is 2.33. The van der Waals surface area contributed by atoms with Gasteiger partial charge in [0.05, 0.1) is 6.61 Å². The quantitative estimate of drug-likeness (QED) is 0.112. The fourth-order valence-electron chi connectivity index (χ4n) is 5.13. The van der Waals surface area contributed by atoms with E-state index in [1.807, 2.05) is 19.1 Å². The molecule has 3 heteroatoms. The number of hydrogen-bond donors (Lipinski definition) is 0. The van der Waals surface area contributed by atoms with Crippen LogP contribution in [0.15, 0.2) is 72.8 Å². The summed E-state index contributed by atoms with van der Waals surface area (Å²) in [5.74, 6) is 0.809. The number of carbonyl (C=O) groups is 1. The van der Waals surface area contributed by atoms with Gasteiger partial charge in [-0.2, -0.15) is 0 Å². The third-order valence-electron chi connectivity index (χ3n) is 7.55. The van der Waals surface area contributed by atoms with Gasteiger partial charge in [-0.1, -0.05) is 139 Å². The van der Waals surface area contributed by atoms with Crippen LogP contribution in [-0.4, -0.2) is 12.6 Å². The Morgan fingerprint density at radius 2 is 1.12 bits per heavy atom. The largest absolute Gasteiger partial charge is 0.494 e. The standard InChI is InChI=1S/C37H50O3/c1-4-6-7-8-9-10-11-12-13-14-15-20-37(38)40-30(3)31-21-23-32(24-22-31)35-18-16-17-19-36(35)33-25-27-34(28-26-33)39-29-5-2/h16-19,21-28,30H,4-15,20,29H2,1-3H3. The van der Waals surface area contributed by atoms with Gasteiger partial charge in [-0.15, -0.1) is 0 Å². The molecule has 216 valence electrons. The molecule has 3 aromatic carbocycles. The average Bonchev–Trinajstić information content (AvgIpc) is 2.99. The molecule has 3 nitrogen and oxygen atoms in total. The second-order valence-corrected chi connectivity index (χ2v) is 11.0. The van der Waals surface area contributed by atoms with E-state index >= 15 is 0 Å². The Morgan fingerprint density at radius 3 is 1.65 bits per heavy atom. The molecule has 3 rings (SSSR count). The number of esters is 1. The Morgan fingerprint density at radius 1 is 0.625 bits per heavy atom. The van der Waals surface area contributed by atoms with Crippen molar-refractivity contribution in [3.05, 3.63) is 78.4 Å². The first-order chi connectivity index (χ1) is 19.6. The van der Waals surface area contributed by atoms with Gasteiger partial charge < -0.3 is 9.47 Å². The highest BCUT2D eigenvalue weighted by Gasteiger charge is 2.13. The van der Waals surface area contributed by atoms with E-state index < -0.39 is 0 Å². The molecule has 0 saturated carbocycles. The van der Waals surface area contributed by atoms with Gasteiger partial charge in [0.25, 0.3) is 0 Å². The Bertz CT molecular complexity index is 1100. The molecule has 0 N–H and O–H groups in total. The van der Waals surface area contributed by atoms with Crippen molar-refractivity contribution in [1.82, 2.24) is 0 Å². The van der Waals surface area contributed by atoms with Crippen LogP contribution in [0, 0.1) is 0 Å². The van der Waals surface area contributed by atoms with Crippen LogP contribution in [0.4, 0.5) is 0 Å². The minimum atomic E-state index is -0.250. The summed E-state index contributed by atoms with van der Waals surface area (Å²) in [5, 5.41) is 0. The van der Waals surface area contributed by atoms with E-state index in [1.54, 1.807) is 0 Å². The first-order valence-corrected chi connectivity index (χ1v) is 15.7. The monoisotopic (exact) mass is 542 g/mol. The minimum absolute atomic E-state index is 0.0933. The molecule has 1 atom stereocenters. The van der Waals surface area contributed by atoms with Crippen LogP contribution in [0.2, 0.25) is 0 Å². The van der Waals surface area contributed by atoms with Gasteiger partial charge in [-0.05, 0) is 59.7 Å². The Labute approximate surface area is 243 Å². The summed E-state index contributed by atoms with van der Waals surface area (Å²) in [6.07, 6.45) is 15.3. The van der Waals surface area contributed by atoms with Crippen LogP contribution < -0.4 is 4.74 Å². The summed E-state index contributed by atoms with van der Waals surface area (Å²) < 4.78 is 11.5. The lowest BCUT2D eigenvalue weighted by Crippen LogP contribution is -2.08. The smallest absolute Gasteiger partial charge is 0.306 e. The third kappa shape index (κ3) is 10.8. The second kappa shape index (κ2) is 18.3. The van der Waals surface area contributed by atoms with Crippen LogP contribution in [0.5, 0.6) is 5.75 Å². The van der Waals surface area contributed by atoms with Crippen molar-refractivity contribution in [2.24, 2.45) is 0 Å². The van der Waals surface area contributed by atoms with Crippen molar-refractivity contribution in [3.63, 3.8) is 0 Å². The van der Waals surface area contributed by atoms with E-state index in [0.717, 1.165) is 48.3 Å². The predicted molar refractivity (Wildman–Crippen MR) is 169 cm³/mol. The molecular formula is C37H50O3. The zero-order chi connectivity index (χ0) is 28.4. The first kappa shape index (κ1) is 31.5. The maximum atomic E-state index is 12.4. The van der Waals surface area contributed by atoms with E-state index in [9.17, 15) is 4.79 Å². The maximum Gasteiger partial charge on any atom is 0.306 e. The van der Waals surface area contributed by atoms with E-state index in [4.69, 9.17) is 9.47 Å². The molecule has 0 spiro atoms. The normalized spacial score (nSPS) is 11.8. The molecular weight excluding hydrogens is 492 g/mol. The van der Waals surface area contributed by atoms with Crippen LogP contribution in [-0.2, 0) is 9.53 Å². The molecule has 0 bridgehead atoms. The SMILES string of the molecule is CCCCCCCCCCCCCC(=O)OC(C)c1ccc(-c2ccccc2-c2ccc(OCCC)cc2)cc1. The summed E-state index contributed by atoms with van der Waals surface area (Å²) in [6.45, 7) is 7.07. The van der Waals surface area contributed by atoms with Gasteiger partial charge in [-0.25, -0.2) is 0 Å². The van der Waals surface area contributed by atoms with Crippen LogP contribution in [0.25, 0.3) is 22.3 Å². The molecule has 0 radical (unpaired) electrons. The molecule has 40 heavy (non-hydrogen) atoms. The second-order valence-electron chi connectivity index (χ2n) is 11.0. The highest BCUT2D eigenvalue weighted by atomic mass is 16.5. The van der Waals surface area contributed by atoms with Crippen molar-refractivity contribution in [3.8, 4) is 28.0 Å². The van der Waals surface area contributed by atoms with Crippen molar-refractivity contribution >= 4 is 5.97 Å². The van der Waals surface area contributed by atoms with Gasteiger partial charge >= 0.3 is 5.97 Å². The summed E-state index contributed by atoms with van der Waals surface area (Å²) in [4.78, 5) is 12.4. The summed E-state index contributed by atoms with van der Waals surface area (Å²) in [5.41, 5.74) is 5.69. The molecule has 1 unspecified atom stereocenters. The van der Waals surface area contributed by atoms with Crippen LogP contribution in [0.1, 0.15) is 116 Å². The molecule has 0 aromatic heterocycles. The number of carbonyl (C=O) groups excluding carboxylic acids is 1. The van der Waals surface area contributed by atoms with Crippen LogP contribution >= 0.6 is 0 Å². The highest BCUT2D eigenvalue weighted by molar-refractivity contribution is 5.83. The van der Waals surface area contributed by atoms with Crippen molar-refractivity contribution in [2.45, 2.75) is 110 Å². The number of ether oxygens (including phenoxy) is 2. The van der Waals surface area contributed by atoms with Crippen molar-refractivity contribution in [1.29, 1.82) is 0 Å². The summed E-state index contributed by atoms with van der Waals surface area (Å²) in [6, 6.07) is 25.2. The summed E-state index contributed by atoms with van der Waals surface area (Å²) >= 11 is 0. The number of rotatable bonds is 19. The molecule has 0 aliphatic heterocycles. The van der Waals surface area contributed by atoms with Gasteiger partial charge in [-0.3, -0.25) is 4.79 Å². The summed E-state index contributed by atoms with van der Waals surface area (Å²) in [7, 11) is 0. The minimum Gasteiger partial charge on any atom is -0.494 e. The van der Waals surface area contributed by atoms with Crippen molar-refractivity contribution in [2.75, 3.05) is 6.61 Å². The Kier molecular flexibility index (Phi) is 14.4. The lowest BCUT2D eigenvalue weighted by atomic mass is 9.94. The number of benzene rings is 3. The topological polar surface area (TPSA) is 35.5 Å². The average molecular weight is 543 g/mol. The zero-order valence-corrected chi connectivity index (χ0v) is 25.1. The Hall–Kier alpha value is -3.07. The molecule has 0 heterocycles. The number of hydrogen-bond acceptors (Lipinski definition) is 3. The maximum absolute atomic E-state index is 12.4. The van der Waals surface area contributed by atoms with Gasteiger partial charge in [0, 0.05) is 6.42 Å². The lowest BCUT2D eigenvalue weighted by Gasteiger charge is -2.15. The zero-order valence-electron chi connectivity index (χ0n) is 25.1. The van der Waals surface area contributed by atoms with Gasteiger partial charge in [0.1, 0.15) is 11.9 Å². The number of unbranched alkanes of at least 4 members (excludes halogenated alkanes) is 10. The third-order valence-corrected chi connectivity index (χ3v) is 7.55. The van der Waals surface area contributed by atoms with Gasteiger partial charge in [0.2, 0.25) is 0 Å². The fraction of sp³-hybridized carbons (Fsp3) is 0.486.